The molecule has 4 saturated carbocycles. The Balaban J connectivity index is 0.880. The van der Waals surface area contributed by atoms with Crippen molar-refractivity contribution in [1.82, 2.24) is 62.5 Å². The lowest BCUT2D eigenvalue weighted by atomic mass is 9.90. The first-order valence-electron chi connectivity index (χ1n) is 25.3. The summed E-state index contributed by atoms with van der Waals surface area (Å²) in [6.07, 6.45) is 19.6. The second-order valence-electron chi connectivity index (χ2n) is 19.5. The first-order chi connectivity index (χ1) is 31.7. The van der Waals surface area contributed by atoms with Crippen molar-refractivity contribution in [3.05, 3.63) is 118 Å². The molecule has 4 fully saturated rings. The Morgan fingerprint density at radius 3 is 0.516 bits per heavy atom. The van der Waals surface area contributed by atoms with Crippen LogP contribution < -0.4 is 42.5 Å². The smallest absolute Gasteiger partial charge is 0.0545 e. The molecule has 5 heterocycles. The quantitative estimate of drug-likeness (QED) is 0.0998. The Hall–Kier alpha value is -3.72. The van der Waals surface area contributed by atoms with Crippen LogP contribution in [0.1, 0.15) is 148 Å². The number of nitrogens with one attached hydrogen (secondary N) is 8. The molecule has 5 aliphatic rings. The van der Waals surface area contributed by atoms with Crippen LogP contribution in [0.2, 0.25) is 0 Å². The predicted molar refractivity (Wildman–Crippen MR) is 256 cm³/mol. The van der Waals surface area contributed by atoms with E-state index in [4.69, 9.17) is 19.9 Å². The molecule has 0 radical (unpaired) electrons. The zero-order chi connectivity index (χ0) is 43.2. The van der Waals surface area contributed by atoms with Gasteiger partial charge in [0.2, 0.25) is 0 Å². The summed E-state index contributed by atoms with van der Waals surface area (Å²) in [5.74, 6) is 0. The lowest BCUT2D eigenvalue weighted by Crippen LogP contribution is -2.50. The van der Waals surface area contributed by atoms with Gasteiger partial charge in [0.1, 0.15) is 0 Å². The van der Waals surface area contributed by atoms with Crippen molar-refractivity contribution in [2.45, 2.75) is 203 Å². The zero-order valence-corrected chi connectivity index (χ0v) is 38.3. The van der Waals surface area contributed by atoms with Crippen LogP contribution in [0.3, 0.4) is 0 Å². The summed E-state index contributed by atoms with van der Waals surface area (Å²) < 4.78 is 0. The number of rotatable bonds is 0. The van der Waals surface area contributed by atoms with Crippen molar-refractivity contribution >= 4 is 0 Å². The maximum Gasteiger partial charge on any atom is 0.0545 e. The molecule has 4 aliphatic carbocycles. The van der Waals surface area contributed by atoms with Crippen LogP contribution in [-0.4, -0.2) is 68.3 Å². The molecular weight excluding hydrogens is 793 g/mol. The van der Waals surface area contributed by atoms with E-state index < -0.39 is 0 Å². The van der Waals surface area contributed by atoms with E-state index in [-0.39, 0.29) is 0 Å². The molecule has 12 heteroatoms. The molecule has 8 N–H and O–H groups in total. The number of aromatic nitrogens is 4. The van der Waals surface area contributed by atoms with Gasteiger partial charge in [0.25, 0.3) is 0 Å². The molecule has 0 spiro atoms. The fourth-order valence-corrected chi connectivity index (χ4v) is 11.3. The fraction of sp³-hybridized carbons (Fsp3) is 0.615. The van der Waals surface area contributed by atoms with Crippen LogP contribution in [-0.2, 0) is 52.4 Å². The highest BCUT2D eigenvalue weighted by molar-refractivity contribution is 5.16. The van der Waals surface area contributed by atoms with E-state index in [1.165, 1.54) is 103 Å². The van der Waals surface area contributed by atoms with Gasteiger partial charge in [-0.15, -0.1) is 0 Å². The average molecular weight is 869 g/mol. The van der Waals surface area contributed by atoms with Gasteiger partial charge < -0.3 is 42.5 Å². The van der Waals surface area contributed by atoms with Crippen molar-refractivity contribution in [3.63, 3.8) is 0 Å². The zero-order valence-electron chi connectivity index (χ0n) is 38.3. The summed E-state index contributed by atoms with van der Waals surface area (Å²) in [4.78, 5) is 20.5. The molecule has 9 rings (SSSR count). The normalized spacial score (nSPS) is 29.8. The third-order valence-corrected chi connectivity index (χ3v) is 14.9. The molecule has 8 atom stereocenters. The van der Waals surface area contributed by atoms with Gasteiger partial charge in [-0.1, -0.05) is 75.6 Å². The van der Waals surface area contributed by atoms with Gasteiger partial charge in [0.15, 0.2) is 0 Å². The van der Waals surface area contributed by atoms with Gasteiger partial charge >= 0.3 is 0 Å². The highest BCUT2D eigenvalue weighted by atomic mass is 15.1. The Morgan fingerprint density at radius 2 is 0.375 bits per heavy atom. The largest absolute Gasteiger partial charge is 0.307 e. The van der Waals surface area contributed by atoms with E-state index in [0.29, 0.717) is 48.3 Å². The fourth-order valence-electron chi connectivity index (χ4n) is 11.3. The molecule has 1 aliphatic heterocycles. The number of hydrogen-bond donors (Lipinski definition) is 8. The molecule has 64 heavy (non-hydrogen) atoms. The van der Waals surface area contributed by atoms with Crippen molar-refractivity contribution < 1.29 is 0 Å². The highest BCUT2D eigenvalue weighted by Crippen LogP contribution is 2.24. The summed E-state index contributed by atoms with van der Waals surface area (Å²) in [5, 5.41) is 31.3. The van der Waals surface area contributed by atoms with E-state index in [9.17, 15) is 0 Å². The monoisotopic (exact) mass is 869 g/mol. The van der Waals surface area contributed by atoms with Crippen molar-refractivity contribution in [2.24, 2.45) is 0 Å². The molecule has 4 aromatic heterocycles. The molecule has 0 aromatic carbocycles. The van der Waals surface area contributed by atoms with E-state index in [0.717, 1.165) is 97.9 Å². The summed E-state index contributed by atoms with van der Waals surface area (Å²) in [6, 6.07) is 29.4. The third kappa shape index (κ3) is 13.2. The first-order valence-corrected chi connectivity index (χ1v) is 25.3. The van der Waals surface area contributed by atoms with Gasteiger partial charge in [0, 0.05) is 101 Å². The Bertz CT molecular complexity index is 1620. The number of nitrogens with zero attached hydrogens (tertiary/aromatic N) is 4. The van der Waals surface area contributed by atoms with Crippen LogP contribution in [0.15, 0.2) is 72.8 Å². The minimum atomic E-state index is 0.411. The lowest BCUT2D eigenvalue weighted by Gasteiger charge is -2.34. The molecule has 8 bridgehead atoms. The van der Waals surface area contributed by atoms with Crippen molar-refractivity contribution in [3.8, 4) is 0 Å². The van der Waals surface area contributed by atoms with Gasteiger partial charge in [-0.05, 0) is 99.9 Å². The highest BCUT2D eigenvalue weighted by Gasteiger charge is 2.28. The molecule has 0 unspecified atom stereocenters. The minimum absolute atomic E-state index is 0.411. The molecule has 12 nitrogen and oxygen atoms in total. The topological polar surface area (TPSA) is 148 Å². The van der Waals surface area contributed by atoms with E-state index in [1.807, 2.05) is 0 Å². The van der Waals surface area contributed by atoms with Crippen LogP contribution in [0.4, 0.5) is 0 Å². The molecule has 4 aromatic rings. The average Bonchev–Trinajstić information content (AvgIpc) is 3.35. The van der Waals surface area contributed by atoms with Crippen molar-refractivity contribution in [2.75, 3.05) is 0 Å². The second kappa shape index (κ2) is 23.6. The number of fused-ring (bicyclic) bond motifs is 12. The summed E-state index contributed by atoms with van der Waals surface area (Å²) in [7, 11) is 0. The van der Waals surface area contributed by atoms with E-state index in [2.05, 4.69) is 115 Å². The van der Waals surface area contributed by atoms with E-state index in [1.54, 1.807) is 0 Å². The lowest BCUT2D eigenvalue weighted by molar-refractivity contribution is 0.276. The third-order valence-electron chi connectivity index (χ3n) is 14.9. The SMILES string of the molecule is c1cc2nc(c1)CN[C@@H]1CCCC[C@H]1NCc1cccc(n1)CN[C@@H]1CCCC[C@H]1NCc1cccc(n1)CN[C@@H]1CCCC[C@H]1NCc1cccc(n1)CN[C@@H]1CCCC[C@H]1NC2. The standard InChI is InChI=1S/C52H76N12/c1-2-22-46-45(21-1)53-29-37-13-9-15-39(61-37)31-55-47-23-3-4-24-48(47)57-33-41-17-11-19-43(63-41)35-59-51-27-7-8-28-52(51)60-36-44-20-12-18-42(64-44)34-58-50-26-6-5-25-49(50)56-32-40-16-10-14-38(62-40)30-54-46/h9-20,45-60H,1-8,21-36H2/t45-,46-,47-,48-,49-,50-,51-,52-/m1/s1. The minimum Gasteiger partial charge on any atom is -0.307 e. The number of pyridine rings is 4. The molecule has 344 valence electrons. The van der Waals surface area contributed by atoms with Crippen molar-refractivity contribution in [1.29, 1.82) is 0 Å². The van der Waals surface area contributed by atoms with Gasteiger partial charge in [0.05, 0.1) is 45.6 Å². The van der Waals surface area contributed by atoms with Gasteiger partial charge in [-0.3, -0.25) is 19.9 Å². The Kier molecular flexibility index (Phi) is 16.8. The predicted octanol–water partition coefficient (Wildman–Crippen LogP) is 6.34. The van der Waals surface area contributed by atoms with Crippen LogP contribution >= 0.6 is 0 Å². The summed E-state index contributed by atoms with van der Waals surface area (Å²) in [6.45, 7) is 6.25. The van der Waals surface area contributed by atoms with Crippen LogP contribution in [0, 0.1) is 0 Å². The maximum atomic E-state index is 5.13. The van der Waals surface area contributed by atoms with Crippen LogP contribution in [0.5, 0.6) is 0 Å². The Morgan fingerprint density at radius 1 is 0.234 bits per heavy atom. The summed E-state index contributed by atoms with van der Waals surface area (Å²) >= 11 is 0. The molecular formula is C52H76N12. The molecule has 0 saturated heterocycles. The second-order valence-corrected chi connectivity index (χ2v) is 19.5. The van der Waals surface area contributed by atoms with E-state index >= 15 is 0 Å². The van der Waals surface area contributed by atoms with Gasteiger partial charge in [-0.25, -0.2) is 0 Å². The van der Waals surface area contributed by atoms with Gasteiger partial charge in [-0.2, -0.15) is 0 Å². The Labute approximate surface area is 383 Å². The number of hydrogen-bond acceptors (Lipinski definition) is 12. The first kappa shape index (κ1) is 45.4. The molecule has 0 amide bonds. The maximum absolute atomic E-state index is 5.13. The van der Waals surface area contributed by atoms with Crippen LogP contribution in [0.25, 0.3) is 0 Å². The summed E-state index contributed by atoms with van der Waals surface area (Å²) in [5.41, 5.74) is 8.92.